The van der Waals surface area contributed by atoms with E-state index in [-0.39, 0.29) is 18.1 Å². The second kappa shape index (κ2) is 7.83. The van der Waals surface area contributed by atoms with Gasteiger partial charge in [0, 0.05) is 22.0 Å². The molecule has 5 nitrogen and oxygen atoms in total. The van der Waals surface area contributed by atoms with Gasteiger partial charge in [0.1, 0.15) is 0 Å². The minimum absolute atomic E-state index is 0.312. The Kier molecular flexibility index (Phi) is 5.52. The third kappa shape index (κ3) is 4.02. The minimum atomic E-state index is -1.10. The molecule has 26 heavy (non-hydrogen) atoms. The highest BCUT2D eigenvalue weighted by atomic mass is 32.2. The molecule has 136 valence electrons. The lowest BCUT2D eigenvalue weighted by Gasteiger charge is -2.43. The number of rotatable bonds is 6. The molecule has 0 unspecified atom stereocenters. The van der Waals surface area contributed by atoms with Gasteiger partial charge in [-0.3, -0.25) is 9.00 Å². The number of carbonyl (C=O) groups is 2. The van der Waals surface area contributed by atoms with Crippen LogP contribution in [0.5, 0.6) is 0 Å². The van der Waals surface area contributed by atoms with Crippen LogP contribution < -0.4 is 5.32 Å². The monoisotopic (exact) mass is 371 g/mol. The second-order valence-corrected chi connectivity index (χ2v) is 7.78. The molecule has 0 bridgehead atoms. The zero-order chi connectivity index (χ0) is 18.6. The largest absolute Gasteiger partial charge is 0.452 e. The van der Waals surface area contributed by atoms with Crippen LogP contribution in [0.25, 0.3) is 0 Å². The van der Waals surface area contributed by atoms with Gasteiger partial charge in [-0.15, -0.1) is 0 Å². The van der Waals surface area contributed by atoms with E-state index in [4.69, 9.17) is 4.74 Å². The lowest BCUT2D eigenvalue weighted by molar-refractivity contribution is -0.127. The summed E-state index contributed by atoms with van der Waals surface area (Å²) in [5.41, 5.74) is 1.06. The van der Waals surface area contributed by atoms with E-state index >= 15 is 0 Å². The molecule has 3 rings (SSSR count). The molecule has 1 atom stereocenters. The highest BCUT2D eigenvalue weighted by Gasteiger charge is 2.39. The fourth-order valence-electron chi connectivity index (χ4n) is 3.07. The Morgan fingerprint density at radius 3 is 2.27 bits per heavy atom. The summed E-state index contributed by atoms with van der Waals surface area (Å²) in [4.78, 5) is 25.0. The zero-order valence-corrected chi connectivity index (χ0v) is 15.4. The number of hydrogen-bond donors (Lipinski definition) is 1. The van der Waals surface area contributed by atoms with Crippen molar-refractivity contribution in [2.75, 3.05) is 12.9 Å². The number of hydrogen-bond acceptors (Lipinski definition) is 4. The van der Waals surface area contributed by atoms with Crippen molar-refractivity contribution < 1.29 is 18.5 Å². The summed E-state index contributed by atoms with van der Waals surface area (Å²) < 4.78 is 16.5. The first-order valence-electron chi connectivity index (χ1n) is 8.47. The van der Waals surface area contributed by atoms with Crippen LogP contribution in [-0.4, -0.2) is 28.9 Å². The molecule has 2 aromatic carbocycles. The number of carbonyl (C=O) groups excluding carboxylic acids is 2. The predicted octanol–water partition coefficient (Wildman–Crippen LogP) is 2.78. The summed E-state index contributed by atoms with van der Waals surface area (Å²) in [6, 6.07) is 16.2. The third-order valence-corrected chi connectivity index (χ3v) is 5.60. The van der Waals surface area contributed by atoms with Gasteiger partial charge in [0.05, 0.1) is 11.1 Å². The summed E-state index contributed by atoms with van der Waals surface area (Å²) in [6.45, 7) is -0.325. The van der Waals surface area contributed by atoms with Crippen LogP contribution >= 0.6 is 0 Å². The van der Waals surface area contributed by atoms with Crippen LogP contribution in [0.2, 0.25) is 0 Å². The van der Waals surface area contributed by atoms with Gasteiger partial charge in [0.15, 0.2) is 6.61 Å². The SMILES string of the molecule is C[S@](=O)c1ccc(C(=O)OCC(=O)NC2(c3ccccc3)CCC2)cc1. The van der Waals surface area contributed by atoms with Crippen LogP contribution in [0.4, 0.5) is 0 Å². The van der Waals surface area contributed by atoms with Crippen LogP contribution in [-0.2, 0) is 25.9 Å². The van der Waals surface area contributed by atoms with Gasteiger partial charge in [-0.25, -0.2) is 4.79 Å². The first-order valence-corrected chi connectivity index (χ1v) is 10.0. The fraction of sp³-hybridized carbons (Fsp3) is 0.300. The van der Waals surface area contributed by atoms with Gasteiger partial charge in [-0.05, 0) is 49.1 Å². The summed E-state index contributed by atoms with van der Waals surface area (Å²) in [7, 11) is -1.10. The van der Waals surface area contributed by atoms with Gasteiger partial charge < -0.3 is 10.1 Å². The van der Waals surface area contributed by atoms with Crippen molar-refractivity contribution in [2.24, 2.45) is 0 Å². The van der Waals surface area contributed by atoms with Crippen molar-refractivity contribution >= 4 is 22.7 Å². The van der Waals surface area contributed by atoms with Gasteiger partial charge >= 0.3 is 5.97 Å². The summed E-state index contributed by atoms with van der Waals surface area (Å²) in [5.74, 6) is -0.885. The first kappa shape index (κ1) is 18.3. The second-order valence-electron chi connectivity index (χ2n) is 6.40. The van der Waals surface area contributed by atoms with E-state index in [1.165, 1.54) is 0 Å². The van der Waals surface area contributed by atoms with E-state index < -0.39 is 16.8 Å². The third-order valence-electron chi connectivity index (χ3n) is 4.67. The van der Waals surface area contributed by atoms with Crippen molar-refractivity contribution in [3.8, 4) is 0 Å². The average Bonchev–Trinajstić information content (AvgIpc) is 2.63. The van der Waals surface area contributed by atoms with E-state index in [1.54, 1.807) is 30.5 Å². The maximum Gasteiger partial charge on any atom is 0.338 e. The Balaban J connectivity index is 1.57. The zero-order valence-electron chi connectivity index (χ0n) is 14.6. The van der Waals surface area contributed by atoms with Gasteiger partial charge in [-0.1, -0.05) is 30.3 Å². The molecular formula is C20H21NO4S. The highest BCUT2D eigenvalue weighted by molar-refractivity contribution is 7.84. The molecule has 1 fully saturated rings. The quantitative estimate of drug-likeness (QED) is 0.793. The Morgan fingerprint density at radius 1 is 1.08 bits per heavy atom. The van der Waals surface area contributed by atoms with Crippen LogP contribution in [0.3, 0.4) is 0 Å². The summed E-state index contributed by atoms with van der Waals surface area (Å²) in [5, 5.41) is 3.02. The van der Waals surface area contributed by atoms with E-state index in [9.17, 15) is 13.8 Å². The molecule has 0 spiro atoms. The number of benzene rings is 2. The van der Waals surface area contributed by atoms with Gasteiger partial charge in [0.25, 0.3) is 5.91 Å². The molecule has 0 saturated heterocycles. The van der Waals surface area contributed by atoms with Crippen LogP contribution in [0.1, 0.15) is 35.2 Å². The Bertz CT molecular complexity index is 813. The Hall–Kier alpha value is -2.47. The predicted molar refractivity (Wildman–Crippen MR) is 99.2 cm³/mol. The van der Waals surface area contributed by atoms with Crippen molar-refractivity contribution in [3.05, 3.63) is 65.7 Å². The number of ether oxygens (including phenoxy) is 1. The van der Waals surface area contributed by atoms with Gasteiger partial charge in [0.2, 0.25) is 0 Å². The number of nitrogens with one attached hydrogen (secondary N) is 1. The standard InChI is InChI=1S/C20H21NO4S/c1-26(24)17-10-8-15(9-11-17)19(23)25-14-18(22)21-20(12-5-13-20)16-6-3-2-4-7-16/h2-4,6-11H,5,12-14H2,1H3,(H,21,22)/t26-/m0/s1. The highest BCUT2D eigenvalue weighted by Crippen LogP contribution is 2.41. The molecule has 0 aromatic heterocycles. The maximum atomic E-state index is 12.3. The number of amides is 1. The Labute approximate surface area is 155 Å². The van der Waals surface area contributed by atoms with E-state index in [0.717, 1.165) is 24.8 Å². The van der Waals surface area contributed by atoms with E-state index in [0.29, 0.717) is 10.5 Å². The fourth-order valence-corrected chi connectivity index (χ4v) is 3.59. The normalized spacial score (nSPS) is 16.2. The molecule has 2 aromatic rings. The molecule has 1 N–H and O–H groups in total. The minimum Gasteiger partial charge on any atom is -0.452 e. The molecule has 1 amide bonds. The summed E-state index contributed by atoms with van der Waals surface area (Å²) in [6.07, 6.45) is 4.39. The van der Waals surface area contributed by atoms with Crippen molar-refractivity contribution in [1.29, 1.82) is 0 Å². The topological polar surface area (TPSA) is 72.5 Å². The molecule has 6 heteroatoms. The van der Waals surface area contributed by atoms with Crippen molar-refractivity contribution in [1.82, 2.24) is 5.32 Å². The lowest BCUT2D eigenvalue weighted by Crippen LogP contribution is -2.51. The smallest absolute Gasteiger partial charge is 0.338 e. The molecule has 0 heterocycles. The molecule has 0 radical (unpaired) electrons. The van der Waals surface area contributed by atoms with Crippen LogP contribution in [0, 0.1) is 0 Å². The molecular weight excluding hydrogens is 350 g/mol. The van der Waals surface area contributed by atoms with Crippen molar-refractivity contribution in [2.45, 2.75) is 29.7 Å². The molecule has 1 saturated carbocycles. The van der Waals surface area contributed by atoms with Crippen molar-refractivity contribution in [3.63, 3.8) is 0 Å². The number of esters is 1. The maximum absolute atomic E-state index is 12.3. The van der Waals surface area contributed by atoms with Crippen LogP contribution in [0.15, 0.2) is 59.5 Å². The van der Waals surface area contributed by atoms with E-state index in [2.05, 4.69) is 5.32 Å². The molecule has 1 aliphatic carbocycles. The molecule has 1 aliphatic rings. The Morgan fingerprint density at radius 2 is 1.73 bits per heavy atom. The van der Waals surface area contributed by atoms with E-state index in [1.807, 2.05) is 30.3 Å². The molecule has 0 aliphatic heterocycles. The average molecular weight is 371 g/mol. The first-order chi connectivity index (χ1) is 12.5. The lowest BCUT2D eigenvalue weighted by atomic mass is 9.72. The summed E-state index contributed by atoms with van der Waals surface area (Å²) >= 11 is 0. The van der Waals surface area contributed by atoms with Gasteiger partial charge in [-0.2, -0.15) is 0 Å².